The monoisotopic (exact) mass is 318 g/mol. The van der Waals surface area contributed by atoms with E-state index in [4.69, 9.17) is 0 Å². The number of hydrogen-bond donors (Lipinski definition) is 0. The fourth-order valence-electron chi connectivity index (χ4n) is 3.67. The molecule has 3 aromatic rings. The van der Waals surface area contributed by atoms with Crippen LogP contribution in [0.1, 0.15) is 35.2 Å². The third-order valence-electron chi connectivity index (χ3n) is 4.92. The maximum absolute atomic E-state index is 11.4. The molecule has 3 nitrogen and oxygen atoms in total. The van der Waals surface area contributed by atoms with Crippen molar-refractivity contribution >= 4 is 17.2 Å². The fraction of sp³-hybridized carbons (Fsp3) is 0.286. The summed E-state index contributed by atoms with van der Waals surface area (Å²) in [5.74, 6) is 0. The molecule has 1 fully saturated rings. The number of benzene rings is 2. The highest BCUT2D eigenvalue weighted by Gasteiger charge is 2.13. The maximum Gasteiger partial charge on any atom is 0.152 e. The average Bonchev–Trinajstić information content (AvgIpc) is 3.01. The number of nitrogens with zero attached hydrogens (tertiary/aromatic N) is 2. The van der Waals surface area contributed by atoms with Crippen LogP contribution in [-0.2, 0) is 6.54 Å². The number of carbonyl (C=O) groups excluding carboxylic acids is 1. The van der Waals surface area contributed by atoms with Crippen LogP contribution in [0.5, 0.6) is 0 Å². The van der Waals surface area contributed by atoms with Crippen LogP contribution in [0.4, 0.5) is 0 Å². The lowest BCUT2D eigenvalue weighted by atomic mass is 10.1. The number of rotatable bonds is 4. The first-order valence-corrected chi connectivity index (χ1v) is 8.72. The SMILES string of the molecule is O=Cc1cn(-c2ccccc2)c2cc(CN3CCCCC3)ccc12. The number of aromatic nitrogens is 1. The van der Waals surface area contributed by atoms with Crippen LogP contribution in [0.25, 0.3) is 16.6 Å². The molecule has 0 amide bonds. The summed E-state index contributed by atoms with van der Waals surface area (Å²) in [7, 11) is 0. The minimum atomic E-state index is 0.748. The van der Waals surface area contributed by atoms with Crippen molar-refractivity contribution in [3.63, 3.8) is 0 Å². The molecule has 3 heteroatoms. The summed E-state index contributed by atoms with van der Waals surface area (Å²) >= 11 is 0. The number of hydrogen-bond acceptors (Lipinski definition) is 2. The van der Waals surface area contributed by atoms with Crippen LogP contribution in [-0.4, -0.2) is 28.8 Å². The third-order valence-corrected chi connectivity index (χ3v) is 4.92. The first kappa shape index (κ1) is 15.2. The topological polar surface area (TPSA) is 25.2 Å². The number of likely N-dealkylation sites (tertiary alicyclic amines) is 1. The van der Waals surface area contributed by atoms with Crippen LogP contribution < -0.4 is 0 Å². The minimum absolute atomic E-state index is 0.748. The normalized spacial score (nSPS) is 15.7. The standard InChI is InChI=1S/C21H22N2O/c24-16-18-15-23(19-7-3-1-4-8-19)21-13-17(9-10-20(18)21)14-22-11-5-2-6-12-22/h1,3-4,7-10,13,15-16H,2,5-6,11-12,14H2. The van der Waals surface area contributed by atoms with Gasteiger partial charge in [0.2, 0.25) is 0 Å². The molecule has 4 rings (SSSR count). The molecule has 0 spiro atoms. The van der Waals surface area contributed by atoms with Gasteiger partial charge in [-0.1, -0.05) is 36.8 Å². The van der Waals surface area contributed by atoms with Crippen molar-refractivity contribution in [2.24, 2.45) is 0 Å². The van der Waals surface area contributed by atoms with E-state index in [1.54, 1.807) is 0 Å². The highest BCUT2D eigenvalue weighted by Crippen LogP contribution is 2.26. The lowest BCUT2D eigenvalue weighted by Gasteiger charge is -2.26. The fourth-order valence-corrected chi connectivity index (χ4v) is 3.67. The molecule has 1 aromatic heterocycles. The molecular weight excluding hydrogens is 296 g/mol. The summed E-state index contributed by atoms with van der Waals surface area (Å²) in [6, 6.07) is 16.7. The Labute approximate surface area is 142 Å². The second-order valence-electron chi connectivity index (χ2n) is 6.60. The Morgan fingerprint density at radius 2 is 1.75 bits per heavy atom. The van der Waals surface area contributed by atoms with Crippen molar-refractivity contribution in [3.05, 3.63) is 65.9 Å². The van der Waals surface area contributed by atoms with Crippen molar-refractivity contribution in [2.45, 2.75) is 25.8 Å². The molecule has 0 aliphatic carbocycles. The van der Waals surface area contributed by atoms with Crippen LogP contribution in [0, 0.1) is 0 Å². The number of piperidine rings is 1. The molecule has 1 saturated heterocycles. The van der Waals surface area contributed by atoms with Gasteiger partial charge < -0.3 is 4.57 Å². The zero-order valence-corrected chi connectivity index (χ0v) is 13.8. The summed E-state index contributed by atoms with van der Waals surface area (Å²) in [5, 5.41) is 1.02. The molecule has 0 bridgehead atoms. The summed E-state index contributed by atoms with van der Waals surface area (Å²) in [6.45, 7) is 3.38. The molecule has 1 aliphatic heterocycles. The van der Waals surface area contributed by atoms with Gasteiger partial charge in [0, 0.05) is 29.4 Å². The van der Waals surface area contributed by atoms with Gasteiger partial charge in [0.25, 0.3) is 0 Å². The first-order valence-electron chi connectivity index (χ1n) is 8.72. The van der Waals surface area contributed by atoms with E-state index in [0.717, 1.165) is 35.0 Å². The molecule has 2 heterocycles. The summed E-state index contributed by atoms with van der Waals surface area (Å²) in [4.78, 5) is 14.0. The van der Waals surface area contributed by atoms with Gasteiger partial charge in [-0.25, -0.2) is 0 Å². The first-order chi connectivity index (χ1) is 11.8. The highest BCUT2D eigenvalue weighted by molar-refractivity contribution is 5.98. The van der Waals surface area contributed by atoms with Gasteiger partial charge in [-0.05, 0) is 49.7 Å². The van der Waals surface area contributed by atoms with Gasteiger partial charge in [-0.15, -0.1) is 0 Å². The molecular formula is C21H22N2O. The van der Waals surface area contributed by atoms with Gasteiger partial charge in [-0.2, -0.15) is 0 Å². The van der Waals surface area contributed by atoms with Gasteiger partial charge in [-0.3, -0.25) is 9.69 Å². The van der Waals surface area contributed by atoms with E-state index in [1.807, 2.05) is 24.4 Å². The Morgan fingerprint density at radius 1 is 0.958 bits per heavy atom. The zero-order chi connectivity index (χ0) is 16.4. The van der Waals surface area contributed by atoms with E-state index in [2.05, 4.69) is 39.8 Å². The smallest absolute Gasteiger partial charge is 0.152 e. The van der Waals surface area contributed by atoms with E-state index in [9.17, 15) is 4.79 Å². The second-order valence-corrected chi connectivity index (χ2v) is 6.60. The molecule has 0 atom stereocenters. The Morgan fingerprint density at radius 3 is 2.50 bits per heavy atom. The van der Waals surface area contributed by atoms with E-state index >= 15 is 0 Å². The predicted octanol–water partition coefficient (Wildman–Crippen LogP) is 4.43. The largest absolute Gasteiger partial charge is 0.316 e. The second kappa shape index (κ2) is 6.62. The summed E-state index contributed by atoms with van der Waals surface area (Å²) < 4.78 is 2.12. The molecule has 0 N–H and O–H groups in total. The Kier molecular flexibility index (Phi) is 4.18. The Balaban J connectivity index is 1.75. The highest BCUT2D eigenvalue weighted by atomic mass is 16.1. The quantitative estimate of drug-likeness (QED) is 0.665. The van der Waals surface area contributed by atoms with E-state index in [1.165, 1.54) is 37.9 Å². The minimum Gasteiger partial charge on any atom is -0.316 e. The average molecular weight is 318 g/mol. The molecule has 24 heavy (non-hydrogen) atoms. The summed E-state index contributed by atoms with van der Waals surface area (Å²) in [6.07, 6.45) is 6.86. The van der Waals surface area contributed by atoms with Crippen LogP contribution >= 0.6 is 0 Å². The molecule has 0 unspecified atom stereocenters. The molecule has 122 valence electrons. The van der Waals surface area contributed by atoms with Crippen molar-refractivity contribution in [1.82, 2.24) is 9.47 Å². The number of para-hydroxylation sites is 1. The number of fused-ring (bicyclic) bond motifs is 1. The summed E-state index contributed by atoms with van der Waals surface area (Å²) in [5.41, 5.74) is 4.26. The van der Waals surface area contributed by atoms with Crippen molar-refractivity contribution < 1.29 is 4.79 Å². The van der Waals surface area contributed by atoms with Crippen LogP contribution in [0.15, 0.2) is 54.7 Å². The maximum atomic E-state index is 11.4. The predicted molar refractivity (Wildman–Crippen MR) is 97.8 cm³/mol. The van der Waals surface area contributed by atoms with Crippen molar-refractivity contribution in [3.8, 4) is 5.69 Å². The molecule has 0 saturated carbocycles. The van der Waals surface area contributed by atoms with Crippen LogP contribution in [0.3, 0.4) is 0 Å². The third kappa shape index (κ3) is 2.87. The zero-order valence-electron chi connectivity index (χ0n) is 13.8. The Hall–Kier alpha value is -2.39. The molecule has 1 aliphatic rings. The van der Waals surface area contributed by atoms with Gasteiger partial charge in [0.1, 0.15) is 0 Å². The van der Waals surface area contributed by atoms with Gasteiger partial charge >= 0.3 is 0 Å². The molecule has 0 radical (unpaired) electrons. The molecule has 2 aromatic carbocycles. The number of aldehydes is 1. The van der Waals surface area contributed by atoms with E-state index in [0.29, 0.717) is 0 Å². The van der Waals surface area contributed by atoms with Crippen molar-refractivity contribution in [2.75, 3.05) is 13.1 Å². The Bertz CT molecular complexity index is 845. The van der Waals surface area contributed by atoms with Gasteiger partial charge in [0.15, 0.2) is 6.29 Å². The van der Waals surface area contributed by atoms with Crippen LogP contribution in [0.2, 0.25) is 0 Å². The van der Waals surface area contributed by atoms with Crippen molar-refractivity contribution in [1.29, 1.82) is 0 Å². The lowest BCUT2D eigenvalue weighted by molar-refractivity contribution is 0.112. The van der Waals surface area contributed by atoms with E-state index < -0.39 is 0 Å². The van der Waals surface area contributed by atoms with Gasteiger partial charge in [0.05, 0.1) is 5.52 Å². The van der Waals surface area contributed by atoms with E-state index in [-0.39, 0.29) is 0 Å². The number of carbonyl (C=O) groups is 1. The lowest BCUT2D eigenvalue weighted by Crippen LogP contribution is -2.29.